The van der Waals surface area contributed by atoms with Gasteiger partial charge in [0.15, 0.2) is 0 Å². The quantitative estimate of drug-likeness (QED) is 0.873. The molecule has 0 radical (unpaired) electrons. The van der Waals surface area contributed by atoms with Gasteiger partial charge in [-0.1, -0.05) is 37.6 Å². The summed E-state index contributed by atoms with van der Waals surface area (Å²) in [7, 11) is 0. The molecule has 0 aliphatic carbocycles. The topological polar surface area (TPSA) is 52.9 Å². The third-order valence-corrected chi connectivity index (χ3v) is 4.46. The molecular formula is C15H19ClN2OS. The smallest absolute Gasteiger partial charge is 0.231 e. The van der Waals surface area contributed by atoms with Crippen LogP contribution in [0, 0.1) is 17.2 Å². The Bertz CT molecular complexity index is 496. The van der Waals surface area contributed by atoms with Gasteiger partial charge in [0, 0.05) is 10.8 Å². The number of halogens is 1. The van der Waals surface area contributed by atoms with Crippen LogP contribution in [0.5, 0.6) is 0 Å². The Kier molecular flexibility index (Phi) is 6.38. The second-order valence-corrected chi connectivity index (χ2v) is 6.56. The average Bonchev–Trinajstić information content (AvgIpc) is 2.40. The summed E-state index contributed by atoms with van der Waals surface area (Å²) in [5.41, 5.74) is 0.317. The average molecular weight is 311 g/mol. The number of benzene rings is 1. The van der Waals surface area contributed by atoms with E-state index >= 15 is 0 Å². The maximum absolute atomic E-state index is 11.9. The minimum atomic E-state index is -0.808. The number of nitriles is 1. The van der Waals surface area contributed by atoms with Crippen LogP contribution in [-0.2, 0) is 10.5 Å². The van der Waals surface area contributed by atoms with Gasteiger partial charge in [-0.3, -0.25) is 4.79 Å². The molecular weight excluding hydrogens is 292 g/mol. The maximum Gasteiger partial charge on any atom is 0.231 e. The van der Waals surface area contributed by atoms with E-state index in [4.69, 9.17) is 16.9 Å². The van der Waals surface area contributed by atoms with E-state index in [0.29, 0.717) is 10.8 Å². The van der Waals surface area contributed by atoms with E-state index < -0.39 is 5.54 Å². The zero-order valence-corrected chi connectivity index (χ0v) is 13.5. The molecule has 1 amide bonds. The minimum Gasteiger partial charge on any atom is -0.337 e. The second-order valence-electron chi connectivity index (χ2n) is 5.14. The van der Waals surface area contributed by atoms with Crippen molar-refractivity contribution in [2.24, 2.45) is 5.92 Å². The van der Waals surface area contributed by atoms with Crippen LogP contribution >= 0.6 is 23.4 Å². The number of carbonyl (C=O) groups is 1. The second kappa shape index (κ2) is 7.56. The zero-order chi connectivity index (χ0) is 15.2. The fourth-order valence-electron chi connectivity index (χ4n) is 1.47. The van der Waals surface area contributed by atoms with Crippen molar-refractivity contribution in [1.82, 2.24) is 5.32 Å². The highest BCUT2D eigenvalue weighted by molar-refractivity contribution is 7.99. The SMILES string of the molecule is CC(C)[C@@](C)(C#N)NC(=O)CSCc1ccc(Cl)cc1. The molecule has 108 valence electrons. The van der Waals surface area contributed by atoms with Crippen molar-refractivity contribution in [3.05, 3.63) is 34.9 Å². The first-order valence-corrected chi connectivity index (χ1v) is 7.95. The Balaban J connectivity index is 2.41. The van der Waals surface area contributed by atoms with Crippen molar-refractivity contribution in [1.29, 1.82) is 5.26 Å². The largest absolute Gasteiger partial charge is 0.337 e. The van der Waals surface area contributed by atoms with Crippen LogP contribution in [0.4, 0.5) is 0 Å². The highest BCUT2D eigenvalue weighted by Crippen LogP contribution is 2.17. The molecule has 0 spiro atoms. The Labute approximate surface area is 129 Å². The number of rotatable bonds is 6. The lowest BCUT2D eigenvalue weighted by atomic mass is 9.90. The Hall–Kier alpha value is -1.18. The van der Waals surface area contributed by atoms with Crippen LogP contribution in [0.15, 0.2) is 24.3 Å². The molecule has 1 aromatic rings. The number of amides is 1. The number of hydrogen-bond donors (Lipinski definition) is 1. The van der Waals surface area contributed by atoms with Gasteiger partial charge in [0.2, 0.25) is 5.91 Å². The van der Waals surface area contributed by atoms with Gasteiger partial charge in [-0.2, -0.15) is 5.26 Å². The lowest BCUT2D eigenvalue weighted by Gasteiger charge is -2.27. The van der Waals surface area contributed by atoms with Gasteiger partial charge in [-0.25, -0.2) is 0 Å². The van der Waals surface area contributed by atoms with Crippen LogP contribution in [-0.4, -0.2) is 17.2 Å². The molecule has 0 saturated heterocycles. The van der Waals surface area contributed by atoms with Crippen LogP contribution in [0.3, 0.4) is 0 Å². The molecule has 0 fully saturated rings. The molecule has 1 atom stereocenters. The normalized spacial score (nSPS) is 13.6. The van der Waals surface area contributed by atoms with E-state index in [1.165, 1.54) is 11.8 Å². The van der Waals surface area contributed by atoms with E-state index in [-0.39, 0.29) is 11.8 Å². The van der Waals surface area contributed by atoms with Crippen molar-refractivity contribution in [2.75, 3.05) is 5.75 Å². The van der Waals surface area contributed by atoms with Gasteiger partial charge >= 0.3 is 0 Å². The Morgan fingerprint density at radius 3 is 2.55 bits per heavy atom. The van der Waals surface area contributed by atoms with E-state index in [9.17, 15) is 4.79 Å². The van der Waals surface area contributed by atoms with Gasteiger partial charge in [-0.15, -0.1) is 11.8 Å². The first-order chi connectivity index (χ1) is 9.37. The standard InChI is InChI=1S/C15H19ClN2OS/c1-11(2)15(3,10-17)18-14(19)9-20-8-12-4-6-13(16)7-5-12/h4-7,11H,8-9H2,1-3H3,(H,18,19)/t15-/m1/s1. The summed E-state index contributed by atoms with van der Waals surface area (Å²) in [5.74, 6) is 1.04. The van der Waals surface area contributed by atoms with Crippen LogP contribution < -0.4 is 5.32 Å². The lowest BCUT2D eigenvalue weighted by Crippen LogP contribution is -2.49. The Morgan fingerprint density at radius 2 is 2.05 bits per heavy atom. The molecule has 20 heavy (non-hydrogen) atoms. The van der Waals surface area contributed by atoms with Gasteiger partial charge in [-0.05, 0) is 30.5 Å². The molecule has 0 unspecified atom stereocenters. The van der Waals surface area contributed by atoms with Crippen molar-refractivity contribution >= 4 is 29.3 Å². The van der Waals surface area contributed by atoms with Crippen LogP contribution in [0.25, 0.3) is 0 Å². The first kappa shape index (κ1) is 16.9. The molecule has 5 heteroatoms. The van der Waals surface area contributed by atoms with Gasteiger partial charge < -0.3 is 5.32 Å². The van der Waals surface area contributed by atoms with E-state index in [0.717, 1.165) is 11.3 Å². The summed E-state index contributed by atoms with van der Waals surface area (Å²) >= 11 is 7.33. The van der Waals surface area contributed by atoms with Gasteiger partial charge in [0.25, 0.3) is 0 Å². The molecule has 0 aromatic heterocycles. The molecule has 0 saturated carbocycles. The number of hydrogen-bond acceptors (Lipinski definition) is 3. The van der Waals surface area contributed by atoms with Crippen LogP contribution in [0.1, 0.15) is 26.3 Å². The summed E-state index contributed by atoms with van der Waals surface area (Å²) in [5, 5.41) is 12.7. The highest BCUT2D eigenvalue weighted by Gasteiger charge is 2.29. The third kappa shape index (κ3) is 5.07. The summed E-state index contributed by atoms with van der Waals surface area (Å²) < 4.78 is 0. The fourth-order valence-corrected chi connectivity index (χ4v) is 2.38. The van der Waals surface area contributed by atoms with Crippen molar-refractivity contribution in [2.45, 2.75) is 32.1 Å². The molecule has 0 bridgehead atoms. The maximum atomic E-state index is 11.9. The zero-order valence-electron chi connectivity index (χ0n) is 11.9. The summed E-state index contributed by atoms with van der Waals surface area (Å²) in [6.45, 7) is 5.59. The van der Waals surface area contributed by atoms with Crippen molar-refractivity contribution < 1.29 is 4.79 Å². The fraction of sp³-hybridized carbons (Fsp3) is 0.467. The molecule has 1 N–H and O–H groups in total. The summed E-state index contributed by atoms with van der Waals surface area (Å²) in [4.78, 5) is 11.9. The lowest BCUT2D eigenvalue weighted by molar-refractivity contribution is -0.120. The first-order valence-electron chi connectivity index (χ1n) is 6.42. The predicted octanol–water partition coefficient (Wildman–Crippen LogP) is 3.63. The number of nitrogens with one attached hydrogen (secondary N) is 1. The minimum absolute atomic E-state index is 0.0673. The third-order valence-electron chi connectivity index (χ3n) is 3.20. The molecule has 0 heterocycles. The molecule has 1 aromatic carbocycles. The number of carbonyl (C=O) groups excluding carboxylic acids is 1. The molecule has 1 rings (SSSR count). The van der Waals surface area contributed by atoms with Gasteiger partial charge in [0.05, 0.1) is 11.8 Å². The van der Waals surface area contributed by atoms with Crippen LogP contribution in [0.2, 0.25) is 5.02 Å². The van der Waals surface area contributed by atoms with E-state index in [2.05, 4.69) is 11.4 Å². The van der Waals surface area contributed by atoms with Crippen molar-refractivity contribution in [3.8, 4) is 6.07 Å². The van der Waals surface area contributed by atoms with Gasteiger partial charge in [0.1, 0.15) is 5.54 Å². The van der Waals surface area contributed by atoms with E-state index in [1.807, 2.05) is 38.1 Å². The summed E-state index contributed by atoms with van der Waals surface area (Å²) in [6, 6.07) is 9.73. The van der Waals surface area contributed by atoms with E-state index in [1.54, 1.807) is 6.92 Å². The summed E-state index contributed by atoms with van der Waals surface area (Å²) in [6.07, 6.45) is 0. The number of thioether (sulfide) groups is 1. The molecule has 3 nitrogen and oxygen atoms in total. The highest BCUT2D eigenvalue weighted by atomic mass is 35.5. The number of nitrogens with zero attached hydrogens (tertiary/aromatic N) is 1. The monoisotopic (exact) mass is 310 g/mol. The predicted molar refractivity (Wildman–Crippen MR) is 84.6 cm³/mol. The molecule has 0 aliphatic heterocycles. The molecule has 0 aliphatic rings. The Morgan fingerprint density at radius 1 is 1.45 bits per heavy atom. The van der Waals surface area contributed by atoms with Crippen molar-refractivity contribution in [3.63, 3.8) is 0 Å².